The lowest BCUT2D eigenvalue weighted by molar-refractivity contribution is -0.736. The van der Waals surface area contributed by atoms with Gasteiger partial charge in [-0.2, -0.15) is 0 Å². The second-order valence-electron chi connectivity index (χ2n) is 3.74. The van der Waals surface area contributed by atoms with Gasteiger partial charge in [-0.25, -0.2) is 24.2 Å². The number of rotatable bonds is 4. The van der Waals surface area contributed by atoms with Crippen molar-refractivity contribution in [3.63, 3.8) is 0 Å². The molecule has 0 atom stereocenters. The number of halogens is 2. The highest BCUT2D eigenvalue weighted by Gasteiger charge is 2.28. The molecule has 0 aromatic carbocycles. The zero-order valence-corrected chi connectivity index (χ0v) is 11.3. The van der Waals surface area contributed by atoms with Crippen molar-refractivity contribution in [2.24, 2.45) is 0 Å². The summed E-state index contributed by atoms with van der Waals surface area (Å²) in [5.74, 6) is -0.458. The highest BCUT2D eigenvalue weighted by Crippen LogP contribution is 2.33. The Morgan fingerprint density at radius 2 is 2.05 bits per heavy atom. The van der Waals surface area contributed by atoms with Gasteiger partial charge in [-0.15, -0.1) is 0 Å². The lowest BCUT2D eigenvalue weighted by atomic mass is 10.3. The molecule has 0 saturated carbocycles. The monoisotopic (exact) mass is 298 g/mol. The molecular weight excluding hydrogens is 289 g/mol. The summed E-state index contributed by atoms with van der Waals surface area (Å²) >= 11 is 5.93. The molecule has 0 unspecified atom stereocenters. The van der Waals surface area contributed by atoms with E-state index in [1.165, 1.54) is 7.11 Å². The lowest BCUT2D eigenvalue weighted by Crippen LogP contribution is -2.06. The van der Waals surface area contributed by atoms with Gasteiger partial charge < -0.3 is 5.32 Å². The number of anilines is 2. The fourth-order valence-corrected chi connectivity index (χ4v) is 1.79. The van der Waals surface area contributed by atoms with Gasteiger partial charge in [0.2, 0.25) is 11.1 Å². The molecule has 20 heavy (non-hydrogen) atoms. The molecule has 0 aliphatic carbocycles. The van der Waals surface area contributed by atoms with Crippen molar-refractivity contribution in [3.05, 3.63) is 40.0 Å². The van der Waals surface area contributed by atoms with Crippen LogP contribution >= 0.6 is 11.6 Å². The van der Waals surface area contributed by atoms with Crippen LogP contribution < -0.4 is 5.32 Å². The van der Waals surface area contributed by atoms with Gasteiger partial charge >= 0.3 is 5.69 Å². The number of pyridine rings is 1. The van der Waals surface area contributed by atoms with E-state index in [4.69, 9.17) is 11.6 Å². The first-order chi connectivity index (χ1) is 9.51. The average Bonchev–Trinajstić information content (AvgIpc) is 2.40. The number of aromatic nitrogens is 3. The minimum atomic E-state index is -0.568. The number of hydrogen-bond donors (Lipinski definition) is 1. The summed E-state index contributed by atoms with van der Waals surface area (Å²) in [4.78, 5) is 27.9. The molecule has 0 saturated heterocycles. The van der Waals surface area contributed by atoms with Gasteiger partial charge in [-0.1, -0.05) is 11.6 Å². The molecule has 104 valence electrons. The van der Waals surface area contributed by atoms with Crippen molar-refractivity contribution >= 4 is 28.9 Å². The standard InChI is InChI=1S/C11H10ClFN5O2/c1-6-3-8(9(10(12)16-6)18(19)20-2)17-11-14-4-7(13)5-15-11/h3-5H,1-2H3,(H,14,15,16,17)/q+1. The van der Waals surface area contributed by atoms with Crippen molar-refractivity contribution < 1.29 is 14.2 Å². The summed E-state index contributed by atoms with van der Waals surface area (Å²) < 4.78 is 12.8. The minimum absolute atomic E-state index is 0.0207. The molecular formula is C11H10ClFN5O2+. The number of hydrogen-bond acceptors (Lipinski definition) is 6. The molecule has 0 aliphatic rings. The van der Waals surface area contributed by atoms with E-state index in [1.807, 2.05) is 0 Å². The Morgan fingerprint density at radius 3 is 2.65 bits per heavy atom. The van der Waals surface area contributed by atoms with Crippen LogP contribution in [0.4, 0.5) is 21.7 Å². The molecule has 0 bridgehead atoms. The van der Waals surface area contributed by atoms with E-state index in [2.05, 4.69) is 25.1 Å². The molecule has 9 heteroatoms. The molecule has 2 aromatic rings. The van der Waals surface area contributed by atoms with Gasteiger partial charge in [0, 0.05) is 5.69 Å². The van der Waals surface area contributed by atoms with Crippen LogP contribution in [0.1, 0.15) is 5.69 Å². The first-order valence-corrected chi connectivity index (χ1v) is 5.82. The average molecular weight is 299 g/mol. The van der Waals surface area contributed by atoms with E-state index < -0.39 is 5.82 Å². The Kier molecular flexibility index (Phi) is 4.04. The van der Waals surface area contributed by atoms with E-state index in [-0.39, 0.29) is 21.7 Å². The van der Waals surface area contributed by atoms with Gasteiger partial charge in [-0.05, 0) is 13.0 Å². The van der Waals surface area contributed by atoms with Crippen LogP contribution in [0.3, 0.4) is 0 Å². The zero-order chi connectivity index (χ0) is 14.7. The van der Waals surface area contributed by atoms with Crippen molar-refractivity contribution in [2.45, 2.75) is 6.92 Å². The summed E-state index contributed by atoms with van der Waals surface area (Å²) in [6.07, 6.45) is 1.99. The highest BCUT2D eigenvalue weighted by atomic mass is 35.5. The molecule has 0 aliphatic heterocycles. The minimum Gasteiger partial charge on any atom is -0.318 e. The Hall–Kier alpha value is -2.35. The molecule has 2 aromatic heterocycles. The maximum atomic E-state index is 12.8. The Balaban J connectivity index is 2.44. The number of nitrogens with zero attached hydrogens (tertiary/aromatic N) is 4. The summed E-state index contributed by atoms with van der Waals surface area (Å²) in [6.45, 7) is 1.70. The van der Waals surface area contributed by atoms with Crippen LogP contribution in [0.2, 0.25) is 5.15 Å². The Labute approximate surface area is 118 Å². The van der Waals surface area contributed by atoms with Crippen LogP contribution in [0.15, 0.2) is 18.5 Å². The Morgan fingerprint density at radius 1 is 1.40 bits per heavy atom. The molecule has 0 radical (unpaired) electrons. The predicted octanol–water partition coefficient (Wildman–Crippen LogP) is 2.69. The molecule has 0 fully saturated rings. The van der Waals surface area contributed by atoms with Crippen LogP contribution in [-0.2, 0) is 4.84 Å². The fraction of sp³-hybridized carbons (Fsp3) is 0.182. The van der Waals surface area contributed by atoms with Crippen molar-refractivity contribution in [1.82, 2.24) is 15.0 Å². The second-order valence-corrected chi connectivity index (χ2v) is 4.10. The lowest BCUT2D eigenvalue weighted by Gasteiger charge is -2.06. The zero-order valence-electron chi connectivity index (χ0n) is 10.6. The summed E-state index contributed by atoms with van der Waals surface area (Å²) in [6, 6.07) is 1.57. The first-order valence-electron chi connectivity index (χ1n) is 5.44. The molecule has 0 amide bonds. The van der Waals surface area contributed by atoms with Crippen molar-refractivity contribution in [3.8, 4) is 0 Å². The topological polar surface area (TPSA) is 80.0 Å². The van der Waals surface area contributed by atoms with Crippen LogP contribution in [0.5, 0.6) is 0 Å². The Bertz CT molecular complexity index is 650. The van der Waals surface area contributed by atoms with Crippen molar-refractivity contribution in [1.29, 1.82) is 0 Å². The van der Waals surface area contributed by atoms with Crippen molar-refractivity contribution in [2.75, 3.05) is 12.4 Å². The molecule has 0 spiro atoms. The summed E-state index contributed by atoms with van der Waals surface area (Å²) in [7, 11) is 1.20. The quantitative estimate of drug-likeness (QED) is 0.690. The van der Waals surface area contributed by atoms with Gasteiger partial charge in [0.05, 0.1) is 17.3 Å². The fourth-order valence-electron chi connectivity index (χ4n) is 1.49. The normalized spacial score (nSPS) is 10.2. The van der Waals surface area contributed by atoms with E-state index in [0.717, 1.165) is 12.4 Å². The maximum absolute atomic E-state index is 12.8. The van der Waals surface area contributed by atoms with Gasteiger partial charge in [-0.3, -0.25) is 0 Å². The van der Waals surface area contributed by atoms with Gasteiger partial charge in [0.1, 0.15) is 5.69 Å². The largest absolute Gasteiger partial charge is 0.376 e. The van der Waals surface area contributed by atoms with Gasteiger partial charge in [0.15, 0.2) is 12.9 Å². The maximum Gasteiger partial charge on any atom is 0.376 e. The SMILES string of the molecule is CO[N+](=O)c1c(Nc2ncc(F)cn2)cc(C)nc1Cl. The van der Waals surface area contributed by atoms with Gasteiger partial charge in [0.25, 0.3) is 4.92 Å². The molecule has 1 N–H and O–H groups in total. The van der Waals surface area contributed by atoms with Crippen LogP contribution in [0, 0.1) is 17.6 Å². The predicted molar refractivity (Wildman–Crippen MR) is 69.6 cm³/mol. The summed E-state index contributed by atoms with van der Waals surface area (Å²) in [5.41, 5.74) is 0.853. The van der Waals surface area contributed by atoms with E-state index in [9.17, 15) is 9.30 Å². The molecule has 7 nitrogen and oxygen atoms in total. The number of aryl methyl sites for hydroxylation is 1. The third-order valence-corrected chi connectivity index (χ3v) is 2.56. The van der Waals surface area contributed by atoms with Crippen LogP contribution in [-0.4, -0.2) is 27.0 Å². The first kappa shape index (κ1) is 14.1. The van der Waals surface area contributed by atoms with E-state index >= 15 is 0 Å². The summed E-state index contributed by atoms with van der Waals surface area (Å²) in [5, 5.41) is 2.73. The third kappa shape index (κ3) is 2.97. The smallest absolute Gasteiger partial charge is 0.318 e. The molecule has 2 rings (SSSR count). The molecule has 2 heterocycles. The van der Waals surface area contributed by atoms with E-state index in [0.29, 0.717) is 11.4 Å². The van der Waals surface area contributed by atoms with E-state index in [1.54, 1.807) is 13.0 Å². The second kappa shape index (κ2) is 5.74. The third-order valence-electron chi connectivity index (χ3n) is 2.29. The van der Waals surface area contributed by atoms with Crippen LogP contribution in [0.25, 0.3) is 0 Å². The number of nitrogens with one attached hydrogen (secondary N) is 1. The highest BCUT2D eigenvalue weighted by molar-refractivity contribution is 6.32.